The van der Waals surface area contributed by atoms with E-state index in [1.165, 1.54) is 5.56 Å². The van der Waals surface area contributed by atoms with Gasteiger partial charge in [-0.05, 0) is 57.4 Å². The van der Waals surface area contributed by atoms with Crippen LogP contribution in [0.4, 0.5) is 5.95 Å². The Labute approximate surface area is 187 Å². The zero-order chi connectivity index (χ0) is 22.8. The van der Waals surface area contributed by atoms with E-state index in [9.17, 15) is 0 Å². The van der Waals surface area contributed by atoms with Gasteiger partial charge in [-0.15, -0.1) is 0 Å². The molecule has 31 heavy (non-hydrogen) atoms. The Morgan fingerprint density at radius 2 is 1.71 bits per heavy atom. The fourth-order valence-electron chi connectivity index (χ4n) is 3.98. The van der Waals surface area contributed by atoms with Crippen LogP contribution in [0.1, 0.15) is 54.0 Å². The van der Waals surface area contributed by atoms with E-state index in [-0.39, 0.29) is 17.1 Å². The summed E-state index contributed by atoms with van der Waals surface area (Å²) in [5.74, 6) is 1.74. The van der Waals surface area contributed by atoms with Gasteiger partial charge in [0.1, 0.15) is 5.75 Å². The molecule has 1 fully saturated rings. The maximum absolute atomic E-state index is 6.19. The number of aromatic nitrogens is 2. The molecule has 1 saturated heterocycles. The van der Waals surface area contributed by atoms with Crippen molar-refractivity contribution in [1.82, 2.24) is 14.9 Å². The lowest BCUT2D eigenvalue weighted by molar-refractivity contribution is 0.213. The fourth-order valence-corrected chi connectivity index (χ4v) is 3.98. The number of piperazine rings is 1. The second-order valence-electron chi connectivity index (χ2n) is 10.6. The highest BCUT2D eigenvalue weighted by molar-refractivity contribution is 5.64. The van der Waals surface area contributed by atoms with Crippen LogP contribution in [0.3, 0.4) is 0 Å². The van der Waals surface area contributed by atoms with E-state index in [1.54, 1.807) is 0 Å². The molecular weight excluding hydrogens is 386 g/mol. The van der Waals surface area contributed by atoms with Gasteiger partial charge in [-0.25, -0.2) is 9.97 Å². The quantitative estimate of drug-likeness (QED) is 0.752. The smallest absolute Gasteiger partial charge is 0.225 e. The summed E-state index contributed by atoms with van der Waals surface area (Å²) in [6.45, 7) is 19.6. The van der Waals surface area contributed by atoms with E-state index < -0.39 is 0 Å². The van der Waals surface area contributed by atoms with Gasteiger partial charge in [-0.1, -0.05) is 20.8 Å². The Morgan fingerprint density at radius 3 is 2.29 bits per heavy atom. The van der Waals surface area contributed by atoms with Crippen LogP contribution in [0.2, 0.25) is 0 Å². The molecule has 2 N–H and O–H groups in total. The molecule has 0 bridgehead atoms. The molecule has 1 aromatic carbocycles. The van der Waals surface area contributed by atoms with Crippen molar-refractivity contribution in [2.45, 2.75) is 65.5 Å². The summed E-state index contributed by atoms with van der Waals surface area (Å²) < 4.78 is 6.07. The Morgan fingerprint density at radius 1 is 1.03 bits per heavy atom. The van der Waals surface area contributed by atoms with Gasteiger partial charge in [0.15, 0.2) is 0 Å². The Bertz CT molecular complexity index is 874. The average molecular weight is 426 g/mol. The lowest BCUT2D eigenvalue weighted by Crippen LogP contribution is -2.53. The lowest BCUT2D eigenvalue weighted by atomic mass is 9.85. The Balaban J connectivity index is 1.80. The van der Waals surface area contributed by atoms with Crippen molar-refractivity contribution in [3.63, 3.8) is 0 Å². The first-order valence-corrected chi connectivity index (χ1v) is 11.3. The number of ether oxygens (including phenoxy) is 1. The van der Waals surface area contributed by atoms with E-state index >= 15 is 0 Å². The predicted molar refractivity (Wildman–Crippen MR) is 129 cm³/mol. The van der Waals surface area contributed by atoms with Gasteiger partial charge in [0.2, 0.25) is 5.95 Å². The van der Waals surface area contributed by atoms with Crippen LogP contribution in [0, 0.1) is 0 Å². The molecule has 0 amide bonds. The van der Waals surface area contributed by atoms with Gasteiger partial charge < -0.3 is 15.4 Å². The van der Waals surface area contributed by atoms with Crippen LogP contribution in [-0.2, 0) is 5.41 Å². The van der Waals surface area contributed by atoms with Crippen molar-refractivity contribution in [3.8, 4) is 17.0 Å². The summed E-state index contributed by atoms with van der Waals surface area (Å²) >= 11 is 0. The fraction of sp³-hybridized carbons (Fsp3) is 0.600. The second kappa shape index (κ2) is 9.13. The van der Waals surface area contributed by atoms with Gasteiger partial charge in [-0.2, -0.15) is 0 Å². The normalized spacial score (nSPS) is 16.1. The average Bonchev–Trinajstić information content (AvgIpc) is 2.66. The van der Waals surface area contributed by atoms with Crippen LogP contribution in [0.5, 0.6) is 5.75 Å². The van der Waals surface area contributed by atoms with Crippen LogP contribution >= 0.6 is 0 Å². The van der Waals surface area contributed by atoms with E-state index in [0.29, 0.717) is 0 Å². The maximum Gasteiger partial charge on any atom is 0.225 e. The number of hydrogen-bond donors (Lipinski definition) is 1. The number of anilines is 1. The first kappa shape index (κ1) is 23.5. The van der Waals surface area contributed by atoms with E-state index in [0.717, 1.165) is 55.7 Å². The molecule has 6 nitrogen and oxygen atoms in total. The Hall–Kier alpha value is -2.18. The minimum absolute atomic E-state index is 0.0246. The molecule has 1 aromatic heterocycles. The summed E-state index contributed by atoms with van der Waals surface area (Å²) in [5.41, 5.74) is 9.22. The van der Waals surface area contributed by atoms with E-state index in [4.69, 9.17) is 15.5 Å². The molecule has 170 valence electrons. The van der Waals surface area contributed by atoms with Crippen molar-refractivity contribution in [3.05, 3.63) is 36.0 Å². The molecule has 6 heteroatoms. The van der Waals surface area contributed by atoms with Crippen LogP contribution in [0.15, 0.2) is 30.5 Å². The van der Waals surface area contributed by atoms with E-state index in [1.807, 2.05) is 12.3 Å². The number of hydrogen-bond acceptors (Lipinski definition) is 6. The monoisotopic (exact) mass is 425 g/mol. The molecule has 3 rings (SSSR count). The highest BCUT2D eigenvalue weighted by Crippen LogP contribution is 2.35. The number of benzene rings is 1. The molecule has 0 spiro atoms. The molecule has 1 aliphatic rings. The second-order valence-corrected chi connectivity index (χ2v) is 10.6. The van der Waals surface area contributed by atoms with Crippen molar-refractivity contribution < 1.29 is 4.74 Å². The summed E-state index contributed by atoms with van der Waals surface area (Å²) in [6.07, 6.45) is 2.00. The molecule has 0 aliphatic carbocycles. The summed E-state index contributed by atoms with van der Waals surface area (Å²) in [5, 5.41) is 0. The van der Waals surface area contributed by atoms with Crippen molar-refractivity contribution in [2.24, 2.45) is 5.73 Å². The van der Waals surface area contributed by atoms with Crippen LogP contribution < -0.4 is 15.4 Å². The van der Waals surface area contributed by atoms with Crippen molar-refractivity contribution >= 4 is 5.95 Å². The summed E-state index contributed by atoms with van der Waals surface area (Å²) in [6, 6.07) is 8.37. The highest BCUT2D eigenvalue weighted by Gasteiger charge is 2.24. The maximum atomic E-state index is 6.19. The summed E-state index contributed by atoms with van der Waals surface area (Å²) in [4.78, 5) is 14.2. The minimum atomic E-state index is -0.172. The van der Waals surface area contributed by atoms with Crippen LogP contribution in [-0.4, -0.2) is 59.2 Å². The van der Waals surface area contributed by atoms with Crippen LogP contribution in [0.25, 0.3) is 11.3 Å². The van der Waals surface area contributed by atoms with Gasteiger partial charge >= 0.3 is 0 Å². The summed E-state index contributed by atoms with van der Waals surface area (Å²) in [7, 11) is 0. The van der Waals surface area contributed by atoms with Crippen molar-refractivity contribution in [1.29, 1.82) is 0 Å². The molecule has 0 unspecified atom stereocenters. The zero-order valence-electron chi connectivity index (χ0n) is 20.3. The molecule has 1 aliphatic heterocycles. The molecule has 0 atom stereocenters. The van der Waals surface area contributed by atoms with E-state index in [2.05, 4.69) is 81.4 Å². The first-order chi connectivity index (χ1) is 14.4. The topological polar surface area (TPSA) is 67.5 Å². The molecular formula is C25H39N5O. The Kier molecular flexibility index (Phi) is 6.92. The third kappa shape index (κ3) is 6.40. The van der Waals surface area contributed by atoms with Crippen molar-refractivity contribution in [2.75, 3.05) is 37.6 Å². The highest BCUT2D eigenvalue weighted by atomic mass is 16.5. The first-order valence-electron chi connectivity index (χ1n) is 11.3. The number of nitrogens with two attached hydrogens (primary N) is 1. The molecule has 0 saturated carbocycles. The standard InChI is InChI=1S/C25H39N5O/c1-18(2)31-22-9-8-19(16-20(22)24(3,4)5)21-10-11-27-23(28-21)30-14-12-29(13-15-30)17-25(6,7)26/h8-11,16,18H,12-15,17,26H2,1-7H3. The molecule has 2 heterocycles. The third-order valence-electron chi connectivity index (χ3n) is 5.38. The van der Waals surface area contributed by atoms with Gasteiger partial charge in [0.05, 0.1) is 11.8 Å². The number of nitrogens with zero attached hydrogens (tertiary/aromatic N) is 4. The largest absolute Gasteiger partial charge is 0.491 e. The zero-order valence-corrected chi connectivity index (χ0v) is 20.3. The third-order valence-corrected chi connectivity index (χ3v) is 5.38. The van der Waals surface area contributed by atoms with Gasteiger partial charge in [0.25, 0.3) is 0 Å². The molecule has 0 radical (unpaired) electrons. The SMILES string of the molecule is CC(C)Oc1ccc(-c2ccnc(N3CCN(CC(C)(C)N)CC3)n2)cc1C(C)(C)C. The molecule has 2 aromatic rings. The minimum Gasteiger partial charge on any atom is -0.491 e. The lowest BCUT2D eigenvalue weighted by Gasteiger charge is -2.37. The predicted octanol–water partition coefficient (Wildman–Crippen LogP) is 4.09. The number of rotatable bonds is 6. The van der Waals surface area contributed by atoms with Gasteiger partial charge in [-0.3, -0.25) is 4.90 Å². The van der Waals surface area contributed by atoms with Gasteiger partial charge in [0, 0.05) is 55.6 Å².